The van der Waals surface area contributed by atoms with Crippen LogP contribution in [-0.2, 0) is 5.75 Å². The molecule has 114 valence electrons. The minimum Gasteiger partial charge on any atom is -0.170 e. The lowest BCUT2D eigenvalue weighted by molar-refractivity contribution is -0.283. The third-order valence-corrected chi connectivity index (χ3v) is 4.32. The lowest BCUT2D eigenvalue weighted by atomic mass is 10.0. The van der Waals surface area contributed by atoms with Crippen molar-refractivity contribution in [3.63, 3.8) is 0 Å². The molecule has 0 spiro atoms. The number of hydrogen-bond donors (Lipinski definition) is 0. The Labute approximate surface area is 117 Å². The Balaban J connectivity index is 2.82. The van der Waals surface area contributed by atoms with Crippen molar-refractivity contribution in [3.8, 4) is 0 Å². The second-order valence-corrected chi connectivity index (χ2v) is 5.53. The molecule has 1 aromatic rings. The topological polar surface area (TPSA) is 0 Å². The molecule has 1 aromatic carbocycles. The average molecular weight is 316 g/mol. The summed E-state index contributed by atoms with van der Waals surface area (Å²) in [4.78, 5) is 0. The zero-order chi connectivity index (χ0) is 15.4. The highest BCUT2D eigenvalue weighted by Crippen LogP contribution is 2.46. The zero-order valence-electron chi connectivity index (χ0n) is 10.6. The number of halogens is 6. The molecular weight excluding hydrogens is 302 g/mol. The Kier molecular flexibility index (Phi) is 5.79. The van der Waals surface area contributed by atoms with Crippen LogP contribution >= 0.6 is 11.8 Å². The van der Waals surface area contributed by atoms with Crippen LogP contribution in [0, 0.1) is 5.92 Å². The number of alkyl halides is 6. The first-order valence-corrected chi connectivity index (χ1v) is 7.00. The van der Waals surface area contributed by atoms with Gasteiger partial charge in [-0.15, -0.1) is 0 Å². The highest BCUT2D eigenvalue weighted by molar-refractivity contribution is 7.99. The third-order valence-electron chi connectivity index (χ3n) is 2.79. The van der Waals surface area contributed by atoms with Crippen molar-refractivity contribution in [1.29, 1.82) is 0 Å². The van der Waals surface area contributed by atoms with Gasteiger partial charge in [0.15, 0.2) is 5.92 Å². The summed E-state index contributed by atoms with van der Waals surface area (Å²) < 4.78 is 75.9. The number of rotatable bonds is 5. The van der Waals surface area contributed by atoms with Crippen LogP contribution in [0.1, 0.15) is 18.9 Å². The number of thioether (sulfide) groups is 1. The lowest BCUT2D eigenvalue weighted by Gasteiger charge is -2.29. The fourth-order valence-electron chi connectivity index (χ4n) is 1.83. The van der Waals surface area contributed by atoms with Crippen LogP contribution in [-0.4, -0.2) is 17.6 Å². The van der Waals surface area contributed by atoms with Crippen molar-refractivity contribution in [2.75, 3.05) is 0 Å². The molecule has 7 heteroatoms. The summed E-state index contributed by atoms with van der Waals surface area (Å²) in [5.74, 6) is -3.16. The fourth-order valence-corrected chi connectivity index (χ4v) is 3.17. The van der Waals surface area contributed by atoms with Crippen LogP contribution in [0.25, 0.3) is 0 Å². The maximum atomic E-state index is 12.6. The summed E-state index contributed by atoms with van der Waals surface area (Å²) in [7, 11) is 0. The van der Waals surface area contributed by atoms with Crippen LogP contribution in [0.3, 0.4) is 0 Å². The average Bonchev–Trinajstić information content (AvgIpc) is 2.32. The molecule has 0 N–H and O–H groups in total. The molecule has 0 aliphatic heterocycles. The van der Waals surface area contributed by atoms with Crippen molar-refractivity contribution in [1.82, 2.24) is 0 Å². The van der Waals surface area contributed by atoms with E-state index in [1.165, 1.54) is 6.92 Å². The van der Waals surface area contributed by atoms with Gasteiger partial charge in [0.2, 0.25) is 0 Å². The predicted molar refractivity (Wildman–Crippen MR) is 67.4 cm³/mol. The van der Waals surface area contributed by atoms with Crippen molar-refractivity contribution in [2.24, 2.45) is 5.92 Å². The van der Waals surface area contributed by atoms with Gasteiger partial charge >= 0.3 is 12.4 Å². The van der Waals surface area contributed by atoms with Gasteiger partial charge in [-0.2, -0.15) is 38.1 Å². The second kappa shape index (κ2) is 6.74. The molecule has 0 nitrogen and oxygen atoms in total. The quantitative estimate of drug-likeness (QED) is 0.652. The monoisotopic (exact) mass is 316 g/mol. The van der Waals surface area contributed by atoms with Gasteiger partial charge in [-0.05, 0) is 12.0 Å². The second-order valence-electron chi connectivity index (χ2n) is 4.30. The molecule has 0 bridgehead atoms. The summed E-state index contributed by atoms with van der Waals surface area (Å²) >= 11 is 0.696. The van der Waals surface area contributed by atoms with Gasteiger partial charge in [-0.3, -0.25) is 0 Å². The summed E-state index contributed by atoms with van der Waals surface area (Å²) in [5, 5.41) is -1.53. The molecule has 1 atom stereocenters. The molecule has 0 aromatic heterocycles. The molecule has 0 saturated carbocycles. The van der Waals surface area contributed by atoms with E-state index in [0.717, 1.165) is 0 Å². The molecule has 0 aliphatic carbocycles. The Morgan fingerprint density at radius 1 is 0.950 bits per heavy atom. The summed E-state index contributed by atoms with van der Waals surface area (Å²) in [6, 6.07) is 8.48. The van der Waals surface area contributed by atoms with Crippen LogP contribution in [0.15, 0.2) is 30.3 Å². The van der Waals surface area contributed by atoms with E-state index in [2.05, 4.69) is 0 Å². The lowest BCUT2D eigenvalue weighted by Crippen LogP contribution is -2.43. The Morgan fingerprint density at radius 2 is 1.45 bits per heavy atom. The highest BCUT2D eigenvalue weighted by Gasteiger charge is 2.59. The van der Waals surface area contributed by atoms with Gasteiger partial charge < -0.3 is 0 Å². The number of hydrogen-bond acceptors (Lipinski definition) is 1. The van der Waals surface area contributed by atoms with Crippen LogP contribution < -0.4 is 0 Å². The SMILES string of the molecule is CCC(SCc1ccccc1)C(C(F)(F)F)C(F)(F)F. The summed E-state index contributed by atoms with van der Waals surface area (Å²) in [6.45, 7) is 1.34. The van der Waals surface area contributed by atoms with E-state index in [-0.39, 0.29) is 12.2 Å². The van der Waals surface area contributed by atoms with E-state index >= 15 is 0 Å². The fraction of sp³-hybridized carbons (Fsp3) is 0.538. The molecule has 0 heterocycles. The van der Waals surface area contributed by atoms with Gasteiger partial charge in [0.25, 0.3) is 0 Å². The van der Waals surface area contributed by atoms with Crippen molar-refractivity contribution < 1.29 is 26.3 Å². The van der Waals surface area contributed by atoms with Crippen molar-refractivity contribution >= 4 is 11.8 Å². The van der Waals surface area contributed by atoms with Crippen molar-refractivity contribution in [2.45, 2.75) is 36.7 Å². The molecule has 0 fully saturated rings. The molecule has 0 amide bonds. The van der Waals surface area contributed by atoms with Gasteiger partial charge in [-0.25, -0.2) is 0 Å². The standard InChI is InChI=1S/C13H14F6S/c1-2-10(11(12(14,15)16)13(17,18)19)20-8-9-6-4-3-5-7-9/h3-7,10-11H,2,8H2,1H3. The Hall–Kier alpha value is -0.850. The van der Waals surface area contributed by atoms with Gasteiger partial charge in [0.05, 0.1) is 0 Å². The first-order chi connectivity index (χ1) is 9.16. The van der Waals surface area contributed by atoms with E-state index in [1.54, 1.807) is 30.3 Å². The Bertz CT molecular complexity index is 384. The summed E-state index contributed by atoms with van der Waals surface area (Å²) in [5.41, 5.74) is 0.707. The van der Waals surface area contributed by atoms with Crippen LogP contribution in [0.5, 0.6) is 0 Å². The molecule has 0 aliphatic rings. The first-order valence-electron chi connectivity index (χ1n) is 5.95. The normalized spacial score (nSPS) is 14.6. The minimum absolute atomic E-state index is 0.127. The Morgan fingerprint density at radius 3 is 1.85 bits per heavy atom. The van der Waals surface area contributed by atoms with E-state index in [9.17, 15) is 26.3 Å². The predicted octanol–water partition coefficient (Wildman–Crippen LogP) is 5.44. The molecular formula is C13H14F6S. The molecule has 1 unspecified atom stereocenters. The highest BCUT2D eigenvalue weighted by atomic mass is 32.2. The van der Waals surface area contributed by atoms with Gasteiger partial charge in [0.1, 0.15) is 0 Å². The van der Waals surface area contributed by atoms with E-state index in [0.29, 0.717) is 17.3 Å². The minimum atomic E-state index is -5.28. The summed E-state index contributed by atoms with van der Waals surface area (Å²) in [6.07, 6.45) is -10.7. The molecule has 0 radical (unpaired) electrons. The smallest absolute Gasteiger partial charge is 0.170 e. The molecule has 1 rings (SSSR count). The molecule has 20 heavy (non-hydrogen) atoms. The first kappa shape index (κ1) is 17.2. The van der Waals surface area contributed by atoms with Crippen LogP contribution in [0.2, 0.25) is 0 Å². The van der Waals surface area contributed by atoms with E-state index < -0.39 is 23.5 Å². The van der Waals surface area contributed by atoms with E-state index in [4.69, 9.17) is 0 Å². The van der Waals surface area contributed by atoms with Crippen molar-refractivity contribution in [3.05, 3.63) is 35.9 Å². The molecule has 0 saturated heterocycles. The number of benzene rings is 1. The largest absolute Gasteiger partial charge is 0.401 e. The third kappa shape index (κ3) is 4.92. The van der Waals surface area contributed by atoms with E-state index in [1.807, 2.05) is 0 Å². The maximum absolute atomic E-state index is 12.6. The van der Waals surface area contributed by atoms with Crippen LogP contribution in [0.4, 0.5) is 26.3 Å². The van der Waals surface area contributed by atoms with Gasteiger partial charge in [0, 0.05) is 11.0 Å². The van der Waals surface area contributed by atoms with Gasteiger partial charge in [-0.1, -0.05) is 37.3 Å². The zero-order valence-corrected chi connectivity index (χ0v) is 11.4. The maximum Gasteiger partial charge on any atom is 0.401 e.